The van der Waals surface area contributed by atoms with Crippen molar-refractivity contribution in [1.29, 1.82) is 5.26 Å². The summed E-state index contributed by atoms with van der Waals surface area (Å²) >= 11 is 6.38. The third kappa shape index (κ3) is 8.56. The van der Waals surface area contributed by atoms with Gasteiger partial charge in [-0.2, -0.15) is 5.26 Å². The van der Waals surface area contributed by atoms with Gasteiger partial charge in [0.2, 0.25) is 5.91 Å². The second kappa shape index (κ2) is 16.5. The number of hydrogen-bond donors (Lipinski definition) is 2. The summed E-state index contributed by atoms with van der Waals surface area (Å²) < 4.78 is 0. The fourth-order valence-corrected chi connectivity index (χ4v) is 10.1. The fraction of sp³-hybridized carbons (Fsp3) is 0.523. The number of likely N-dealkylation sites (tertiary alicyclic amines) is 1. The van der Waals surface area contributed by atoms with Gasteiger partial charge in [0.05, 0.1) is 16.1 Å². The van der Waals surface area contributed by atoms with Crippen LogP contribution in [0.1, 0.15) is 67.8 Å². The largest absolute Gasteiger partial charge is 0.372 e. The van der Waals surface area contributed by atoms with Gasteiger partial charge in [0.15, 0.2) is 0 Å². The molecular formula is C44H54ClN9O3. The molecule has 6 heterocycles. The number of nitrogens with one attached hydrogen (secondary N) is 2. The molecule has 57 heavy (non-hydrogen) atoms. The van der Waals surface area contributed by atoms with Gasteiger partial charge in [-0.05, 0) is 105 Å². The predicted octanol–water partition coefficient (Wildman–Crippen LogP) is 5.43. The first kappa shape index (κ1) is 39.0. The second-order valence-electron chi connectivity index (χ2n) is 17.1. The van der Waals surface area contributed by atoms with Crippen LogP contribution in [0.3, 0.4) is 0 Å². The average Bonchev–Trinajstić information content (AvgIpc) is 3.57. The van der Waals surface area contributed by atoms with Crippen LogP contribution in [0.5, 0.6) is 0 Å². The lowest BCUT2D eigenvalue weighted by atomic mass is 9.77. The number of piperazine rings is 1. The standard InChI is InChI=1S/C44H54ClN9O3/c1-32-25-43(30-54(32)38-7-5-34(26-46)39(45)24-38)13-17-52(18-14-43)40-8-6-35(27-47-40)42(57)53-15-10-33(11-16-53)28-50-19-21-51(22-20-50)37-4-2-3-36(23-37)49-44(31-55)12-9-41(56)48-29-44/h2-8,23-24,27,31-33,49H,9-22,25,28-30H2,1H3,(H,48,56)/t32-,44-/m1/s1. The third-order valence-corrected chi connectivity index (χ3v) is 13.6. The Morgan fingerprint density at radius 3 is 2.44 bits per heavy atom. The molecule has 2 atom stereocenters. The Morgan fingerprint density at radius 1 is 0.982 bits per heavy atom. The lowest BCUT2D eigenvalue weighted by Gasteiger charge is -2.40. The van der Waals surface area contributed by atoms with Crippen molar-refractivity contribution in [2.75, 3.05) is 92.0 Å². The number of aldehydes is 1. The number of nitriles is 1. The number of aromatic nitrogens is 1. The molecule has 5 saturated heterocycles. The van der Waals surface area contributed by atoms with Crippen molar-refractivity contribution in [3.63, 3.8) is 0 Å². The third-order valence-electron chi connectivity index (χ3n) is 13.3. The molecule has 0 bridgehead atoms. The van der Waals surface area contributed by atoms with E-state index < -0.39 is 5.54 Å². The topological polar surface area (TPSA) is 128 Å². The molecule has 3 aromatic rings. The van der Waals surface area contributed by atoms with Crippen LogP contribution in [0.15, 0.2) is 60.8 Å². The molecule has 5 aliphatic heterocycles. The molecule has 5 aliphatic rings. The van der Waals surface area contributed by atoms with Gasteiger partial charge in [-0.15, -0.1) is 0 Å². The average molecular weight is 792 g/mol. The van der Waals surface area contributed by atoms with E-state index in [0.717, 1.165) is 127 Å². The first-order valence-electron chi connectivity index (χ1n) is 20.7. The summed E-state index contributed by atoms with van der Waals surface area (Å²) in [5.41, 5.74) is 3.77. The van der Waals surface area contributed by atoms with Crippen LogP contribution >= 0.6 is 11.6 Å². The Balaban J connectivity index is 0.766. The van der Waals surface area contributed by atoms with E-state index in [2.05, 4.69) is 55.4 Å². The fourth-order valence-electron chi connectivity index (χ4n) is 9.84. The number of anilines is 4. The van der Waals surface area contributed by atoms with Gasteiger partial charge in [0.25, 0.3) is 5.91 Å². The van der Waals surface area contributed by atoms with E-state index >= 15 is 0 Å². The molecule has 0 radical (unpaired) electrons. The molecule has 0 aliphatic carbocycles. The first-order chi connectivity index (χ1) is 27.6. The highest BCUT2D eigenvalue weighted by atomic mass is 35.5. The molecule has 1 spiro atoms. The maximum Gasteiger partial charge on any atom is 0.255 e. The molecule has 8 rings (SSSR count). The van der Waals surface area contributed by atoms with Crippen LogP contribution < -0.4 is 25.3 Å². The second-order valence-corrected chi connectivity index (χ2v) is 17.5. The van der Waals surface area contributed by atoms with E-state index in [1.165, 1.54) is 0 Å². The molecule has 2 N–H and O–H groups in total. The number of benzene rings is 2. The predicted molar refractivity (Wildman–Crippen MR) is 224 cm³/mol. The van der Waals surface area contributed by atoms with Crippen molar-refractivity contribution in [1.82, 2.24) is 20.1 Å². The van der Waals surface area contributed by atoms with Gasteiger partial charge in [-0.25, -0.2) is 4.98 Å². The van der Waals surface area contributed by atoms with E-state index in [1.807, 2.05) is 47.4 Å². The van der Waals surface area contributed by atoms with Crippen molar-refractivity contribution in [3.05, 3.63) is 76.9 Å². The van der Waals surface area contributed by atoms with Gasteiger partial charge in [-0.3, -0.25) is 14.5 Å². The highest BCUT2D eigenvalue weighted by Crippen LogP contribution is 2.46. The van der Waals surface area contributed by atoms with Crippen LogP contribution in [0.25, 0.3) is 0 Å². The van der Waals surface area contributed by atoms with E-state index in [-0.39, 0.29) is 17.2 Å². The van der Waals surface area contributed by atoms with Crippen LogP contribution in [0.4, 0.5) is 22.9 Å². The van der Waals surface area contributed by atoms with Crippen molar-refractivity contribution in [2.24, 2.45) is 11.3 Å². The zero-order valence-corrected chi connectivity index (χ0v) is 33.7. The molecule has 2 amide bonds. The molecular weight excluding hydrogens is 738 g/mol. The number of pyridine rings is 1. The minimum atomic E-state index is -0.767. The molecule has 0 saturated carbocycles. The number of amides is 2. The number of carbonyl (C=O) groups is 3. The number of nitrogens with zero attached hydrogens (tertiary/aromatic N) is 7. The number of rotatable bonds is 9. The van der Waals surface area contributed by atoms with Gasteiger partial charge in [0.1, 0.15) is 23.7 Å². The van der Waals surface area contributed by atoms with Crippen LogP contribution in [0.2, 0.25) is 5.02 Å². The normalized spacial score (nSPS) is 24.3. The molecule has 5 fully saturated rings. The smallest absolute Gasteiger partial charge is 0.255 e. The lowest BCUT2D eigenvalue weighted by Crippen LogP contribution is -2.54. The van der Waals surface area contributed by atoms with E-state index in [9.17, 15) is 19.6 Å². The van der Waals surface area contributed by atoms with Crippen molar-refractivity contribution in [2.45, 2.75) is 63.5 Å². The zero-order valence-electron chi connectivity index (χ0n) is 33.0. The van der Waals surface area contributed by atoms with Crippen LogP contribution in [-0.4, -0.2) is 116 Å². The minimum Gasteiger partial charge on any atom is -0.372 e. The van der Waals surface area contributed by atoms with Crippen LogP contribution in [0, 0.1) is 22.7 Å². The number of carbonyl (C=O) groups excluding carboxylic acids is 3. The highest BCUT2D eigenvalue weighted by molar-refractivity contribution is 6.32. The molecule has 1 aromatic heterocycles. The summed E-state index contributed by atoms with van der Waals surface area (Å²) in [4.78, 5) is 53.7. The first-order valence-corrected chi connectivity index (χ1v) is 21.1. The molecule has 12 nitrogen and oxygen atoms in total. The van der Waals surface area contributed by atoms with Crippen LogP contribution in [-0.2, 0) is 9.59 Å². The highest BCUT2D eigenvalue weighted by Gasteiger charge is 2.44. The maximum atomic E-state index is 13.5. The molecule has 13 heteroatoms. The Hall–Kier alpha value is -4.86. The number of halogens is 1. The summed E-state index contributed by atoms with van der Waals surface area (Å²) in [6.07, 6.45) is 8.86. The summed E-state index contributed by atoms with van der Waals surface area (Å²) in [6, 6.07) is 20.5. The van der Waals surface area contributed by atoms with Gasteiger partial charge in [-0.1, -0.05) is 17.7 Å². The Morgan fingerprint density at radius 2 is 1.77 bits per heavy atom. The molecule has 2 aromatic carbocycles. The van der Waals surface area contributed by atoms with E-state index in [4.69, 9.17) is 16.6 Å². The monoisotopic (exact) mass is 791 g/mol. The number of hydrogen-bond acceptors (Lipinski definition) is 10. The van der Waals surface area contributed by atoms with Gasteiger partial charge < -0.3 is 35.0 Å². The summed E-state index contributed by atoms with van der Waals surface area (Å²) in [5.74, 6) is 1.57. The Bertz CT molecular complexity index is 1970. The Kier molecular flexibility index (Phi) is 11.3. The SMILES string of the molecule is C[C@@H]1CC2(CCN(c3ccc(C(=O)N4CCC(CN5CCN(c6cccc(N[C@]7(C=O)CCC(=O)NC7)c6)CC5)CC4)cn3)CC2)CN1c1ccc(C#N)c(Cl)c1. The van der Waals surface area contributed by atoms with Gasteiger partial charge >= 0.3 is 0 Å². The maximum absolute atomic E-state index is 13.5. The molecule has 0 unspecified atom stereocenters. The summed E-state index contributed by atoms with van der Waals surface area (Å²) in [5, 5.41) is 16.0. The lowest BCUT2D eigenvalue weighted by molar-refractivity contribution is -0.124. The Labute approximate surface area is 341 Å². The summed E-state index contributed by atoms with van der Waals surface area (Å²) in [6.45, 7) is 11.9. The van der Waals surface area contributed by atoms with E-state index in [0.29, 0.717) is 47.5 Å². The van der Waals surface area contributed by atoms with E-state index in [1.54, 1.807) is 6.20 Å². The zero-order chi connectivity index (χ0) is 39.6. The van der Waals surface area contributed by atoms with Crippen molar-refractivity contribution >= 4 is 52.6 Å². The van der Waals surface area contributed by atoms with Crippen molar-refractivity contribution in [3.8, 4) is 6.07 Å². The quantitative estimate of drug-likeness (QED) is 0.271. The van der Waals surface area contributed by atoms with Gasteiger partial charge in [0, 0.05) is 108 Å². The summed E-state index contributed by atoms with van der Waals surface area (Å²) in [7, 11) is 0. The minimum absolute atomic E-state index is 0.0111. The molecule has 300 valence electrons. The number of piperidine rings is 3. The van der Waals surface area contributed by atoms with Crippen molar-refractivity contribution < 1.29 is 14.4 Å².